The number of hydrogen-bond acceptors (Lipinski definition) is 7. The summed E-state index contributed by atoms with van der Waals surface area (Å²) in [6.07, 6.45) is -2.33. The summed E-state index contributed by atoms with van der Waals surface area (Å²) in [4.78, 5) is 16.7. The minimum Gasteiger partial charge on any atom is -0.652 e. The Morgan fingerprint density at radius 2 is 1.07 bits per heavy atom. The van der Waals surface area contributed by atoms with Gasteiger partial charge in [-0.05, 0) is 76.8 Å². The van der Waals surface area contributed by atoms with Gasteiger partial charge in [-0.3, -0.25) is 0 Å². The number of halogens is 2. The Hall–Kier alpha value is -0.389. The Kier molecular flexibility index (Phi) is 18.9. The van der Waals surface area contributed by atoms with Crippen LogP contribution in [0.4, 0.5) is 4.79 Å². The standard InChI is InChI=1S/2C8H10BrNO.CH2O3.2Ag/c2*1-5-4-7(11-3)10-6(2)8(5)9;2-1(3)4;;/h2*4H,1-3H3;(H2,2,3,4);;/q;;;2*+1/p-2. The zero-order valence-electron chi connectivity index (χ0n) is 15.9. The zero-order valence-corrected chi connectivity index (χ0v) is 22.1. The number of hydrogen-bond donors (Lipinski definition) is 0. The van der Waals surface area contributed by atoms with Gasteiger partial charge in [0.05, 0.1) is 25.6 Å². The van der Waals surface area contributed by atoms with E-state index in [1.165, 1.54) is 0 Å². The second-order valence-electron chi connectivity index (χ2n) is 5.01. The van der Waals surface area contributed by atoms with E-state index in [0.29, 0.717) is 11.8 Å². The van der Waals surface area contributed by atoms with Crippen molar-refractivity contribution in [3.63, 3.8) is 0 Å². The number of aryl methyl sites for hydroxylation is 4. The molecule has 0 atom stereocenters. The predicted molar refractivity (Wildman–Crippen MR) is 101 cm³/mol. The smallest absolute Gasteiger partial charge is 0.652 e. The maximum Gasteiger partial charge on any atom is 1.00 e. The third-order valence-electron chi connectivity index (χ3n) is 2.98. The van der Waals surface area contributed by atoms with Gasteiger partial charge in [0.1, 0.15) is 0 Å². The van der Waals surface area contributed by atoms with Crippen molar-refractivity contribution in [3.05, 3.63) is 43.6 Å². The number of pyridine rings is 2. The molecule has 0 aliphatic heterocycles. The maximum atomic E-state index is 8.33. The summed E-state index contributed by atoms with van der Waals surface area (Å²) in [5, 5.41) is 16.7. The molecule has 2 heterocycles. The molecular weight excluding hydrogens is 688 g/mol. The maximum absolute atomic E-state index is 8.33. The summed E-state index contributed by atoms with van der Waals surface area (Å²) < 4.78 is 12.1. The van der Waals surface area contributed by atoms with E-state index in [-0.39, 0.29) is 44.8 Å². The topological polar surface area (TPSA) is 107 Å². The van der Waals surface area contributed by atoms with Crippen molar-refractivity contribution in [2.75, 3.05) is 14.2 Å². The molecule has 2 aromatic heterocycles. The SMILES string of the molecule is COc1cc(C)c(Br)c(C)n1.COc1cc(C)c(Br)c(C)n1.O=C([O-])[O-].[Ag+].[Ag+]. The number of carbonyl (C=O) groups is 1. The molecule has 0 radical (unpaired) electrons. The number of ether oxygens (including phenoxy) is 2. The molecule has 0 bridgehead atoms. The van der Waals surface area contributed by atoms with Gasteiger partial charge < -0.3 is 24.5 Å². The first-order valence-electron chi connectivity index (χ1n) is 7.26. The summed E-state index contributed by atoms with van der Waals surface area (Å²) in [6.45, 7) is 7.92. The number of carboxylic acid groups (broad SMARTS) is 2. The fraction of sp³-hybridized carbons (Fsp3) is 0.353. The number of nitrogens with zero attached hydrogens (tertiary/aromatic N) is 2. The molecular formula is C17H20Ag2Br2N2O5. The fourth-order valence-corrected chi connectivity index (χ4v) is 2.18. The Labute approximate surface area is 212 Å². The van der Waals surface area contributed by atoms with Crippen LogP contribution in [-0.2, 0) is 44.8 Å². The van der Waals surface area contributed by atoms with Crippen molar-refractivity contribution < 1.29 is 69.2 Å². The molecule has 2 rings (SSSR count). The van der Waals surface area contributed by atoms with Gasteiger partial charge >= 0.3 is 44.8 Å². The number of aromatic nitrogens is 2. The largest absolute Gasteiger partial charge is 1.00 e. The molecule has 0 saturated heterocycles. The number of rotatable bonds is 2. The first-order chi connectivity index (χ1) is 12.0. The number of methoxy groups -OCH3 is 2. The molecule has 7 nitrogen and oxygen atoms in total. The molecule has 11 heteroatoms. The summed E-state index contributed by atoms with van der Waals surface area (Å²) >= 11 is 6.85. The first kappa shape index (κ1) is 32.3. The molecule has 0 spiro atoms. The van der Waals surface area contributed by atoms with Crippen molar-refractivity contribution in [3.8, 4) is 11.8 Å². The van der Waals surface area contributed by atoms with Crippen molar-refractivity contribution in [1.82, 2.24) is 9.97 Å². The quantitative estimate of drug-likeness (QED) is 0.442. The predicted octanol–water partition coefficient (Wildman–Crippen LogP) is 2.49. The Morgan fingerprint density at radius 3 is 1.25 bits per heavy atom. The van der Waals surface area contributed by atoms with Crippen LogP contribution >= 0.6 is 31.9 Å². The van der Waals surface area contributed by atoms with E-state index in [1.807, 2.05) is 39.8 Å². The van der Waals surface area contributed by atoms with Crippen molar-refractivity contribution in [2.24, 2.45) is 0 Å². The molecule has 2 aromatic rings. The molecule has 0 aliphatic rings. The van der Waals surface area contributed by atoms with Gasteiger partial charge in [0.2, 0.25) is 11.8 Å². The zero-order chi connectivity index (χ0) is 20.4. The summed E-state index contributed by atoms with van der Waals surface area (Å²) in [5.74, 6) is 1.34. The molecule has 164 valence electrons. The van der Waals surface area contributed by atoms with Gasteiger partial charge in [-0.2, -0.15) is 0 Å². The molecule has 0 amide bonds. The van der Waals surface area contributed by atoms with Crippen LogP contribution in [-0.4, -0.2) is 30.3 Å². The van der Waals surface area contributed by atoms with E-state index < -0.39 is 6.16 Å². The van der Waals surface area contributed by atoms with Crippen LogP contribution in [0.5, 0.6) is 11.8 Å². The molecule has 0 saturated carbocycles. The third-order valence-corrected chi connectivity index (χ3v) is 5.38. The van der Waals surface area contributed by atoms with Crippen LogP contribution in [0, 0.1) is 27.7 Å². The average molecular weight is 708 g/mol. The summed E-state index contributed by atoms with van der Waals surface area (Å²) in [7, 11) is 3.24. The number of carbonyl (C=O) groups excluding carboxylic acids is 1. The Bertz CT molecular complexity index is 657. The molecule has 0 aliphatic carbocycles. The van der Waals surface area contributed by atoms with Crippen LogP contribution in [0.2, 0.25) is 0 Å². The van der Waals surface area contributed by atoms with Crippen LogP contribution < -0.4 is 19.7 Å². The van der Waals surface area contributed by atoms with Crippen LogP contribution in [0.15, 0.2) is 21.1 Å². The van der Waals surface area contributed by atoms with E-state index in [2.05, 4.69) is 41.8 Å². The van der Waals surface area contributed by atoms with Gasteiger partial charge in [-0.15, -0.1) is 0 Å². The molecule has 0 aromatic carbocycles. The third kappa shape index (κ3) is 12.2. The first-order valence-corrected chi connectivity index (χ1v) is 8.85. The van der Waals surface area contributed by atoms with Crippen molar-refractivity contribution in [1.29, 1.82) is 0 Å². The van der Waals surface area contributed by atoms with E-state index in [1.54, 1.807) is 14.2 Å². The van der Waals surface area contributed by atoms with E-state index in [9.17, 15) is 0 Å². The van der Waals surface area contributed by atoms with Crippen molar-refractivity contribution >= 4 is 38.0 Å². The minimum absolute atomic E-state index is 0. The van der Waals surface area contributed by atoms with Crippen LogP contribution in [0.25, 0.3) is 0 Å². The van der Waals surface area contributed by atoms with Gasteiger partial charge in [0, 0.05) is 21.1 Å². The minimum atomic E-state index is -2.33. The van der Waals surface area contributed by atoms with Gasteiger partial charge in [-0.1, -0.05) is 0 Å². The Balaban J connectivity index is -0.000000355. The van der Waals surface area contributed by atoms with Crippen molar-refractivity contribution in [2.45, 2.75) is 27.7 Å². The van der Waals surface area contributed by atoms with Gasteiger partial charge in [-0.25, -0.2) is 9.97 Å². The summed E-state index contributed by atoms with van der Waals surface area (Å²) in [5.41, 5.74) is 4.22. The van der Waals surface area contributed by atoms with Gasteiger partial charge in [0.25, 0.3) is 0 Å². The van der Waals surface area contributed by atoms with E-state index in [0.717, 1.165) is 31.5 Å². The average Bonchev–Trinajstić information content (AvgIpc) is 2.56. The second-order valence-corrected chi connectivity index (χ2v) is 6.60. The monoisotopic (exact) mass is 704 g/mol. The second kappa shape index (κ2) is 16.4. The molecule has 0 N–H and O–H groups in total. The normalized spacial score (nSPS) is 8.57. The fourth-order valence-electron chi connectivity index (χ4n) is 1.77. The van der Waals surface area contributed by atoms with Crippen LogP contribution in [0.3, 0.4) is 0 Å². The summed E-state index contributed by atoms with van der Waals surface area (Å²) in [6, 6.07) is 3.80. The molecule has 0 fully saturated rings. The molecule has 0 unspecified atom stereocenters. The molecule has 28 heavy (non-hydrogen) atoms. The van der Waals surface area contributed by atoms with Gasteiger partial charge in [0.15, 0.2) is 0 Å². The van der Waals surface area contributed by atoms with E-state index in [4.69, 9.17) is 24.5 Å². The van der Waals surface area contributed by atoms with E-state index >= 15 is 0 Å². The van der Waals surface area contributed by atoms with Crippen LogP contribution in [0.1, 0.15) is 22.5 Å². The Morgan fingerprint density at radius 1 is 0.821 bits per heavy atom.